The van der Waals surface area contributed by atoms with Gasteiger partial charge in [-0.05, 0) is 46.9 Å². The molecule has 2 heterocycles. The van der Waals surface area contributed by atoms with E-state index in [2.05, 4.69) is 9.97 Å². The third kappa shape index (κ3) is 4.13. The first kappa shape index (κ1) is 20.6. The van der Waals surface area contributed by atoms with Gasteiger partial charge in [0.25, 0.3) is 5.69 Å². The lowest BCUT2D eigenvalue weighted by Gasteiger charge is -2.17. The molecule has 5 rings (SSSR count). The van der Waals surface area contributed by atoms with Crippen molar-refractivity contribution in [3.63, 3.8) is 0 Å². The molecule has 7 heteroatoms. The topological polar surface area (TPSA) is 76.8 Å². The normalized spacial score (nSPS) is 12.2. The maximum atomic E-state index is 13.3. The van der Waals surface area contributed by atoms with Gasteiger partial charge in [-0.2, -0.15) is 0 Å². The summed E-state index contributed by atoms with van der Waals surface area (Å²) in [4.78, 5) is 19.0. The van der Waals surface area contributed by atoms with E-state index < -0.39 is 0 Å². The van der Waals surface area contributed by atoms with Gasteiger partial charge in [0.1, 0.15) is 5.82 Å². The van der Waals surface area contributed by atoms with E-state index >= 15 is 0 Å². The molecule has 1 N–H and O–H groups in total. The standard InChI is InChI=1S/C26H21FN4O2/c27-20-11-8-18(9-12-20)10-13-25(24-14-28-17-29-24)30-15-23(26(16-30)31(32)33)22-7-3-5-19-4-1-2-6-21(19)22/h1-9,11-12,14-17,25H,10,13H2,(H,28,29). The number of nitrogens with one attached hydrogen (secondary N) is 1. The van der Waals surface area contributed by atoms with Crippen molar-refractivity contribution in [3.8, 4) is 11.1 Å². The molecule has 164 valence electrons. The molecule has 33 heavy (non-hydrogen) atoms. The maximum Gasteiger partial charge on any atom is 0.294 e. The maximum absolute atomic E-state index is 13.3. The van der Waals surface area contributed by atoms with E-state index in [1.54, 1.807) is 30.9 Å². The number of fused-ring (bicyclic) bond motifs is 1. The van der Waals surface area contributed by atoms with Gasteiger partial charge in [-0.25, -0.2) is 9.37 Å². The van der Waals surface area contributed by atoms with Gasteiger partial charge in [0.2, 0.25) is 0 Å². The van der Waals surface area contributed by atoms with Crippen molar-refractivity contribution in [2.75, 3.05) is 0 Å². The highest BCUT2D eigenvalue weighted by atomic mass is 19.1. The number of aryl methyl sites for hydroxylation is 1. The zero-order valence-corrected chi connectivity index (χ0v) is 17.7. The van der Waals surface area contributed by atoms with Crippen molar-refractivity contribution in [3.05, 3.63) is 119 Å². The largest absolute Gasteiger partial charge is 0.347 e. The molecule has 3 aromatic carbocycles. The summed E-state index contributed by atoms with van der Waals surface area (Å²) in [5.74, 6) is -0.273. The van der Waals surface area contributed by atoms with Gasteiger partial charge in [-0.1, -0.05) is 54.6 Å². The summed E-state index contributed by atoms with van der Waals surface area (Å²) >= 11 is 0. The summed E-state index contributed by atoms with van der Waals surface area (Å²) in [7, 11) is 0. The molecule has 6 nitrogen and oxygen atoms in total. The summed E-state index contributed by atoms with van der Waals surface area (Å²) in [5.41, 5.74) is 3.30. The van der Waals surface area contributed by atoms with E-state index in [0.717, 1.165) is 27.6 Å². The fourth-order valence-electron chi connectivity index (χ4n) is 4.32. The summed E-state index contributed by atoms with van der Waals surface area (Å²) in [6.45, 7) is 0. The number of imidazole rings is 1. The second-order valence-electron chi connectivity index (χ2n) is 7.98. The van der Waals surface area contributed by atoms with Gasteiger partial charge in [-0.3, -0.25) is 10.1 Å². The molecule has 5 aromatic rings. The van der Waals surface area contributed by atoms with Gasteiger partial charge in [0, 0.05) is 6.20 Å². The second-order valence-corrected chi connectivity index (χ2v) is 7.98. The molecular weight excluding hydrogens is 419 g/mol. The molecule has 0 saturated heterocycles. The first-order valence-corrected chi connectivity index (χ1v) is 10.7. The van der Waals surface area contributed by atoms with Crippen LogP contribution in [0.1, 0.15) is 23.7 Å². The van der Waals surface area contributed by atoms with Crippen molar-refractivity contribution in [1.82, 2.24) is 14.5 Å². The van der Waals surface area contributed by atoms with Gasteiger partial charge in [-0.15, -0.1) is 0 Å². The SMILES string of the molecule is O=[N+]([O-])c1cn(C(CCc2ccc(F)cc2)c2cnc[nH]2)cc1-c1cccc2ccccc12. The first-order valence-electron chi connectivity index (χ1n) is 10.7. The van der Waals surface area contributed by atoms with Crippen LogP contribution in [0, 0.1) is 15.9 Å². The van der Waals surface area contributed by atoms with Gasteiger partial charge >= 0.3 is 0 Å². The number of nitrogens with zero attached hydrogens (tertiary/aromatic N) is 3. The minimum Gasteiger partial charge on any atom is -0.347 e. The molecule has 0 aliphatic heterocycles. The van der Waals surface area contributed by atoms with E-state index in [1.807, 2.05) is 53.2 Å². The predicted octanol–water partition coefficient (Wildman–Crippen LogP) is 6.30. The number of benzene rings is 3. The van der Waals surface area contributed by atoms with Crippen molar-refractivity contribution in [2.45, 2.75) is 18.9 Å². The Bertz CT molecular complexity index is 1400. The van der Waals surface area contributed by atoms with Crippen LogP contribution in [-0.4, -0.2) is 19.5 Å². The number of nitro groups is 1. The van der Waals surface area contributed by atoms with Gasteiger partial charge in [0.15, 0.2) is 0 Å². The Morgan fingerprint density at radius 2 is 1.79 bits per heavy atom. The number of rotatable bonds is 7. The zero-order valence-electron chi connectivity index (χ0n) is 17.7. The van der Waals surface area contributed by atoms with Crippen LogP contribution in [0.5, 0.6) is 0 Å². The van der Waals surface area contributed by atoms with Crippen molar-refractivity contribution in [2.24, 2.45) is 0 Å². The molecule has 0 bridgehead atoms. The van der Waals surface area contributed by atoms with Crippen LogP contribution in [0.2, 0.25) is 0 Å². The van der Waals surface area contributed by atoms with E-state index in [1.165, 1.54) is 12.1 Å². The third-order valence-electron chi connectivity index (χ3n) is 5.96. The summed E-state index contributed by atoms with van der Waals surface area (Å²) in [5, 5.41) is 14.0. The minimum absolute atomic E-state index is 0.0534. The lowest BCUT2D eigenvalue weighted by Crippen LogP contribution is -2.10. The van der Waals surface area contributed by atoms with Crippen LogP contribution < -0.4 is 0 Å². The molecule has 1 atom stereocenters. The Balaban J connectivity index is 1.57. The highest BCUT2D eigenvalue weighted by Crippen LogP contribution is 2.38. The van der Waals surface area contributed by atoms with Crippen LogP contribution in [0.25, 0.3) is 21.9 Å². The lowest BCUT2D eigenvalue weighted by molar-refractivity contribution is -0.384. The van der Waals surface area contributed by atoms with Crippen LogP contribution >= 0.6 is 0 Å². The Labute approximate surface area is 189 Å². The summed E-state index contributed by atoms with van der Waals surface area (Å²) in [6.07, 6.45) is 8.11. The van der Waals surface area contributed by atoms with Crippen molar-refractivity contribution in [1.29, 1.82) is 0 Å². The number of hydrogen-bond donors (Lipinski definition) is 1. The molecule has 0 amide bonds. The van der Waals surface area contributed by atoms with Crippen LogP contribution in [0.4, 0.5) is 10.1 Å². The predicted molar refractivity (Wildman–Crippen MR) is 125 cm³/mol. The van der Waals surface area contributed by atoms with Crippen LogP contribution in [-0.2, 0) is 6.42 Å². The average Bonchev–Trinajstić information content (AvgIpc) is 3.51. The highest BCUT2D eigenvalue weighted by Gasteiger charge is 2.24. The minimum atomic E-state index is -0.336. The molecule has 0 fully saturated rings. The molecule has 0 saturated carbocycles. The second kappa shape index (κ2) is 8.70. The molecule has 0 aliphatic rings. The molecule has 0 radical (unpaired) electrons. The van der Waals surface area contributed by atoms with E-state index in [0.29, 0.717) is 18.4 Å². The average molecular weight is 440 g/mol. The first-order chi connectivity index (χ1) is 16.1. The number of aromatic nitrogens is 3. The number of H-pyrrole nitrogens is 1. The number of aromatic amines is 1. The Kier molecular flexibility index (Phi) is 5.44. The fourth-order valence-corrected chi connectivity index (χ4v) is 4.32. The van der Waals surface area contributed by atoms with Gasteiger partial charge < -0.3 is 9.55 Å². The van der Waals surface area contributed by atoms with Crippen LogP contribution in [0.15, 0.2) is 91.6 Å². The van der Waals surface area contributed by atoms with Gasteiger partial charge in [0.05, 0.1) is 40.9 Å². The molecule has 2 aromatic heterocycles. The summed E-state index contributed by atoms with van der Waals surface area (Å²) in [6, 6.07) is 19.9. The highest BCUT2D eigenvalue weighted by molar-refractivity contribution is 5.98. The number of hydrogen-bond acceptors (Lipinski definition) is 3. The van der Waals surface area contributed by atoms with E-state index in [4.69, 9.17) is 0 Å². The Hall–Kier alpha value is -4.26. The third-order valence-corrected chi connectivity index (χ3v) is 5.96. The van der Waals surface area contributed by atoms with Crippen LogP contribution in [0.3, 0.4) is 0 Å². The monoisotopic (exact) mass is 440 g/mol. The fraction of sp³-hybridized carbons (Fsp3) is 0.115. The summed E-state index contributed by atoms with van der Waals surface area (Å²) < 4.78 is 15.2. The molecular formula is C26H21FN4O2. The Morgan fingerprint density at radius 1 is 1.00 bits per heavy atom. The molecule has 0 aliphatic carbocycles. The molecule has 1 unspecified atom stereocenters. The lowest BCUT2D eigenvalue weighted by atomic mass is 9.99. The van der Waals surface area contributed by atoms with Crippen molar-refractivity contribution >= 4 is 16.5 Å². The zero-order chi connectivity index (χ0) is 22.8. The Morgan fingerprint density at radius 3 is 2.55 bits per heavy atom. The van der Waals surface area contributed by atoms with E-state index in [-0.39, 0.29) is 22.5 Å². The van der Waals surface area contributed by atoms with Crippen molar-refractivity contribution < 1.29 is 9.31 Å². The number of halogens is 1. The van der Waals surface area contributed by atoms with E-state index in [9.17, 15) is 14.5 Å². The smallest absolute Gasteiger partial charge is 0.294 e. The quantitative estimate of drug-likeness (QED) is 0.238. The molecule has 0 spiro atoms.